The van der Waals surface area contributed by atoms with Crippen molar-refractivity contribution in [3.8, 4) is 67.3 Å². The molecule has 4 aliphatic heterocycles. The summed E-state index contributed by atoms with van der Waals surface area (Å²) in [6.07, 6.45) is 9.82. The molecule has 27 nitrogen and oxygen atoms in total. The Hall–Kier alpha value is -13.3. The number of aromatic amines is 4. The molecule has 9 N–H and O–H groups in total. The Bertz CT molecular complexity index is 5700. The normalized spacial score (nSPS) is 17.5. The van der Waals surface area contributed by atoms with Gasteiger partial charge in [0.25, 0.3) is 5.91 Å². The fourth-order valence-electron chi connectivity index (χ4n) is 16.5. The smallest absolute Gasteiger partial charge is 0.410 e. The first-order valence-electron chi connectivity index (χ1n) is 41.6. The summed E-state index contributed by atoms with van der Waals surface area (Å²) in [5, 5.41) is 38.0. The number of likely N-dealkylation sites (tertiary alicyclic amines) is 4. The van der Waals surface area contributed by atoms with Crippen LogP contribution in [0.1, 0.15) is 171 Å². The largest absolute Gasteiger partial charge is 0.479 e. The number of nitrogens with zero attached hydrogens (tertiary/aromatic N) is 8. The number of H-pyrrole nitrogens is 4. The van der Waals surface area contributed by atoms with E-state index in [2.05, 4.69) is 162 Å². The summed E-state index contributed by atoms with van der Waals surface area (Å²) in [4.78, 5) is 127. The van der Waals surface area contributed by atoms with E-state index in [0.29, 0.717) is 37.3 Å². The maximum atomic E-state index is 13.6. The SMILES string of the molecule is COC(=O)N[C@H](C(=O)N1CCC[C@H]1c1ncc(-c2ccc3cc(-c4ccc(-c5cnc(C6CCCN6C(=O)OC(C)(C)C)[nH]5)cc4)ccc3c2)[nH]1)C(C)C.COC(=O)N[C@H](C(=O)N1CCC[C@H]1c1ncc(-c2ccc3cc(-c4ccc(-c5cnc(C6CCCN6C(=O)[C@H](O)c6ccccc6)[nH]5)cc4)ccc3c2)[nH]1)C(C)C.O=C(O)[C@H](O)c1ccccc1. The quantitative estimate of drug-likeness (QED) is 0.0320. The number of ether oxygens (including phenoxy) is 3. The lowest BCUT2D eigenvalue weighted by molar-refractivity contribution is -0.147. The highest BCUT2D eigenvalue weighted by atomic mass is 16.6. The van der Waals surface area contributed by atoms with E-state index in [9.17, 15) is 38.7 Å². The Kier molecular flexibility index (Phi) is 26.2. The lowest BCUT2D eigenvalue weighted by atomic mass is 9.98. The minimum Gasteiger partial charge on any atom is -0.479 e. The van der Waals surface area contributed by atoms with Gasteiger partial charge in [-0.2, -0.15) is 0 Å². The molecule has 4 aromatic heterocycles. The molecular weight excluding hydrogens is 1550 g/mol. The maximum Gasteiger partial charge on any atom is 0.410 e. The molecule has 0 saturated carbocycles. The van der Waals surface area contributed by atoms with Gasteiger partial charge in [0.2, 0.25) is 11.8 Å². The van der Waals surface area contributed by atoms with Gasteiger partial charge >= 0.3 is 24.2 Å². The Morgan fingerprint density at radius 3 is 1.02 bits per heavy atom. The number of amides is 6. The predicted octanol–water partition coefficient (Wildman–Crippen LogP) is 16.9. The highest BCUT2D eigenvalue weighted by Crippen LogP contribution is 2.40. The average Bonchev–Trinajstić information content (AvgIpc) is 1.55. The predicted molar refractivity (Wildman–Crippen MR) is 464 cm³/mol. The van der Waals surface area contributed by atoms with Crippen molar-refractivity contribution in [2.45, 2.75) is 154 Å². The molecular formula is C95H104N14O13. The van der Waals surface area contributed by atoms with Gasteiger partial charge in [-0.05, 0) is 174 Å². The van der Waals surface area contributed by atoms with E-state index < -0.39 is 48.0 Å². The van der Waals surface area contributed by atoms with Crippen molar-refractivity contribution in [2.24, 2.45) is 11.8 Å². The number of carboxylic acids is 1. The van der Waals surface area contributed by atoms with Crippen LogP contribution in [0.4, 0.5) is 14.4 Å². The van der Waals surface area contributed by atoms with Crippen LogP contribution in [0.25, 0.3) is 88.8 Å². The van der Waals surface area contributed by atoms with Crippen molar-refractivity contribution in [3.63, 3.8) is 0 Å². The summed E-state index contributed by atoms with van der Waals surface area (Å²) >= 11 is 0. The van der Waals surface area contributed by atoms with Gasteiger partial charge < -0.3 is 74.8 Å². The third kappa shape index (κ3) is 19.4. The lowest BCUT2D eigenvalue weighted by Crippen LogP contribution is -2.51. The van der Waals surface area contributed by atoms with Gasteiger partial charge in [0.15, 0.2) is 12.2 Å². The number of aromatic nitrogens is 8. The monoisotopic (exact) mass is 1650 g/mol. The maximum absolute atomic E-state index is 13.6. The lowest BCUT2D eigenvalue weighted by Gasteiger charge is -2.30. The number of fused-ring (bicyclic) bond motifs is 2. The van der Waals surface area contributed by atoms with Crippen LogP contribution in [0.15, 0.2) is 207 Å². The van der Waals surface area contributed by atoms with Crippen LogP contribution in [0, 0.1) is 11.8 Å². The number of rotatable bonds is 20. The number of hydrogen-bond acceptors (Lipinski definition) is 16. The average molecular weight is 1650 g/mol. The molecule has 632 valence electrons. The number of carbonyl (C=O) groups excluding carboxylic acids is 6. The molecule has 27 heteroatoms. The minimum absolute atomic E-state index is 0.0963. The summed E-state index contributed by atoms with van der Waals surface area (Å²) in [5.41, 5.74) is 12.4. The summed E-state index contributed by atoms with van der Waals surface area (Å²) in [7, 11) is 2.59. The zero-order chi connectivity index (χ0) is 86.0. The summed E-state index contributed by atoms with van der Waals surface area (Å²) in [5.74, 6) is 0.978. The Morgan fingerprint density at radius 2 is 0.689 bits per heavy atom. The second kappa shape index (κ2) is 37.6. The fourth-order valence-corrected chi connectivity index (χ4v) is 16.5. The Morgan fingerprint density at radius 1 is 0.393 bits per heavy atom. The molecule has 8 atom stereocenters. The first-order valence-corrected chi connectivity index (χ1v) is 41.6. The Balaban J connectivity index is 0.000000177. The molecule has 6 amide bonds. The number of imidazole rings is 4. The molecule has 8 aromatic carbocycles. The van der Waals surface area contributed by atoms with Crippen molar-refractivity contribution in [2.75, 3.05) is 40.4 Å². The first-order chi connectivity index (χ1) is 58.8. The number of hydrogen-bond donors (Lipinski definition) is 9. The number of aliphatic hydroxyl groups is 2. The van der Waals surface area contributed by atoms with Crippen LogP contribution in [-0.4, -0.2) is 175 Å². The standard InChI is InChI=1S/C45H47N7O5.C42H49N7O5.C8H8O3/c1-27(2)39(50-45(56)57-3)43(54)51-21-7-11-37(51)41-47-26-36(49-41)34-20-19-32-23-31(17-18-33(32)24-34)28-13-15-29(16-14-28)35-25-46-42(48-35)38-12-8-22-52(38)44(55)40(53)30-9-5-4-6-10-30;1-25(2)36(47-40(51)53-6)39(50)48-19-7-9-34(48)37-44-24-33(46-37)31-18-17-29-21-28(15-16-30(29)22-31)26-11-13-27(14-12-26)32-23-43-38(45-32)35-10-8-20-49(35)41(52)54-42(3,4)5;9-7(8(10)11)6-4-2-1-3-5-6/h4-6,9-10,13-20,23-27,37-40,53H,7-8,11-12,21-22H2,1-3H3,(H,46,48)(H,47,49)(H,50,56);11-18,21-25,34-36H,7-10,19-20H2,1-6H3,(H,43,45)(H,44,46)(H,47,51);1-5,7,9H,(H,10,11)/t37-,38?,39-,40+;34-,35?,36-;7-/m001/s1. The van der Waals surface area contributed by atoms with E-state index in [1.165, 1.54) is 14.2 Å². The Labute approximate surface area is 707 Å². The van der Waals surface area contributed by atoms with Crippen LogP contribution < -0.4 is 10.6 Å². The summed E-state index contributed by atoms with van der Waals surface area (Å²) in [6, 6.07) is 57.6. The second-order valence-electron chi connectivity index (χ2n) is 33.0. The first kappa shape index (κ1) is 85.2. The van der Waals surface area contributed by atoms with Crippen LogP contribution in [0.5, 0.6) is 0 Å². The minimum atomic E-state index is -1.41. The summed E-state index contributed by atoms with van der Waals surface area (Å²) < 4.78 is 15.2. The van der Waals surface area contributed by atoms with Gasteiger partial charge in [-0.15, -0.1) is 0 Å². The van der Waals surface area contributed by atoms with Gasteiger partial charge in [0, 0.05) is 37.3 Å². The molecule has 0 aliphatic carbocycles. The summed E-state index contributed by atoms with van der Waals surface area (Å²) in [6.45, 7) is 15.7. The number of carbonyl (C=O) groups is 7. The van der Waals surface area contributed by atoms with Crippen LogP contribution in [0.3, 0.4) is 0 Å². The van der Waals surface area contributed by atoms with E-state index >= 15 is 0 Å². The molecule has 4 fully saturated rings. The fraction of sp³-hybridized carbons (Fsp3) is 0.337. The molecule has 0 radical (unpaired) electrons. The number of methoxy groups -OCH3 is 2. The van der Waals surface area contributed by atoms with Crippen molar-refractivity contribution >= 4 is 63.5 Å². The molecule has 8 heterocycles. The number of aliphatic hydroxyl groups excluding tert-OH is 2. The van der Waals surface area contributed by atoms with Crippen molar-refractivity contribution in [3.05, 3.63) is 241 Å². The molecule has 16 rings (SSSR count). The van der Waals surface area contributed by atoms with E-state index in [4.69, 9.17) is 34.4 Å². The molecule has 0 spiro atoms. The topological polar surface area (TPSA) is 360 Å². The number of benzene rings is 8. The van der Waals surface area contributed by atoms with Crippen LogP contribution in [-0.2, 0) is 33.4 Å². The number of alkyl carbamates (subject to hydrolysis) is 2. The highest BCUT2D eigenvalue weighted by molar-refractivity contribution is 5.93. The van der Waals surface area contributed by atoms with Crippen molar-refractivity contribution < 1.29 is 63.1 Å². The zero-order valence-corrected chi connectivity index (χ0v) is 69.9. The second-order valence-corrected chi connectivity index (χ2v) is 33.0. The molecule has 2 unspecified atom stereocenters. The van der Waals surface area contributed by atoms with Crippen molar-refractivity contribution in [1.29, 1.82) is 0 Å². The molecule has 0 bridgehead atoms. The number of aliphatic carboxylic acids is 1. The number of carboxylic acid groups (broad SMARTS) is 1. The van der Waals surface area contributed by atoms with E-state index in [1.54, 1.807) is 52.3 Å². The van der Waals surface area contributed by atoms with Crippen LogP contribution in [0.2, 0.25) is 0 Å². The molecule has 12 aromatic rings. The third-order valence-electron chi connectivity index (χ3n) is 23.0. The molecule has 122 heavy (non-hydrogen) atoms. The van der Waals surface area contributed by atoms with Gasteiger partial charge in [-0.1, -0.05) is 185 Å². The van der Waals surface area contributed by atoms with E-state index in [0.717, 1.165) is 163 Å². The van der Waals surface area contributed by atoms with Crippen LogP contribution >= 0.6 is 0 Å². The van der Waals surface area contributed by atoms with E-state index in [1.807, 2.05) is 101 Å². The zero-order valence-electron chi connectivity index (χ0n) is 69.9. The van der Waals surface area contributed by atoms with Gasteiger partial charge in [-0.3, -0.25) is 19.3 Å². The number of nitrogens with one attached hydrogen (secondary N) is 6. The van der Waals surface area contributed by atoms with Gasteiger partial charge in [-0.25, -0.2) is 39.1 Å². The molecule has 4 aliphatic rings. The molecule has 4 saturated heterocycles. The highest BCUT2D eigenvalue weighted by Gasteiger charge is 2.41. The van der Waals surface area contributed by atoms with Crippen molar-refractivity contribution in [1.82, 2.24) is 70.1 Å². The van der Waals surface area contributed by atoms with Gasteiger partial charge in [0.1, 0.15) is 41.0 Å². The van der Waals surface area contributed by atoms with E-state index in [-0.39, 0.29) is 59.8 Å². The third-order valence-corrected chi connectivity index (χ3v) is 23.0. The van der Waals surface area contributed by atoms with Gasteiger partial charge in [0.05, 0.1) is 86.0 Å².